The van der Waals surface area contributed by atoms with Crippen molar-refractivity contribution in [1.29, 1.82) is 0 Å². The fourth-order valence-electron chi connectivity index (χ4n) is 3.70. The van der Waals surface area contributed by atoms with E-state index in [1.165, 1.54) is 0 Å². The molecular weight excluding hydrogens is 402 g/mol. The molecule has 3 N–H and O–H groups in total. The highest BCUT2D eigenvalue weighted by molar-refractivity contribution is 5.99. The van der Waals surface area contributed by atoms with Crippen molar-refractivity contribution in [2.75, 3.05) is 12.4 Å². The summed E-state index contributed by atoms with van der Waals surface area (Å²) >= 11 is 0. The van der Waals surface area contributed by atoms with Gasteiger partial charge in [0.1, 0.15) is 5.75 Å². The molecule has 0 unspecified atom stereocenters. The Morgan fingerprint density at radius 1 is 1.09 bits per heavy atom. The molecule has 0 bridgehead atoms. The third-order valence-corrected chi connectivity index (χ3v) is 5.32. The molecular formula is C25H21N5O2. The van der Waals surface area contributed by atoms with Gasteiger partial charge in [0, 0.05) is 40.6 Å². The van der Waals surface area contributed by atoms with Crippen molar-refractivity contribution in [2.45, 2.75) is 6.42 Å². The number of hydrogen-bond donors (Lipinski definition) is 3. The highest BCUT2D eigenvalue weighted by Gasteiger charge is 2.11. The van der Waals surface area contributed by atoms with E-state index in [9.17, 15) is 4.79 Å². The Kier molecular flexibility index (Phi) is 5.13. The van der Waals surface area contributed by atoms with E-state index in [-0.39, 0.29) is 12.3 Å². The normalized spacial score (nSPS) is 11.4. The van der Waals surface area contributed by atoms with E-state index in [0.717, 1.165) is 50.1 Å². The summed E-state index contributed by atoms with van der Waals surface area (Å²) in [5.41, 5.74) is 5.29. The van der Waals surface area contributed by atoms with Gasteiger partial charge in [-0.3, -0.25) is 14.9 Å². The number of hydrogen-bond acceptors (Lipinski definition) is 4. The number of aromatic amines is 2. The predicted molar refractivity (Wildman–Crippen MR) is 126 cm³/mol. The summed E-state index contributed by atoms with van der Waals surface area (Å²) in [5.74, 6) is 0.667. The predicted octanol–water partition coefficient (Wildman–Crippen LogP) is 4.80. The number of methoxy groups -OCH3 is 1. The zero-order valence-electron chi connectivity index (χ0n) is 17.4. The van der Waals surface area contributed by atoms with Gasteiger partial charge in [0.15, 0.2) is 0 Å². The van der Waals surface area contributed by atoms with Crippen molar-refractivity contribution >= 4 is 45.6 Å². The second-order valence-electron chi connectivity index (χ2n) is 7.44. The van der Waals surface area contributed by atoms with E-state index in [2.05, 4.69) is 25.5 Å². The number of fused-ring (bicyclic) bond motifs is 2. The molecule has 0 aliphatic heterocycles. The highest BCUT2D eigenvalue weighted by Crippen LogP contribution is 2.25. The zero-order valence-corrected chi connectivity index (χ0v) is 17.4. The maximum absolute atomic E-state index is 12.7. The second-order valence-corrected chi connectivity index (χ2v) is 7.44. The minimum atomic E-state index is -0.0935. The van der Waals surface area contributed by atoms with Crippen LogP contribution in [0.1, 0.15) is 16.8 Å². The average Bonchev–Trinajstić information content (AvgIpc) is 3.41. The molecule has 0 saturated heterocycles. The summed E-state index contributed by atoms with van der Waals surface area (Å²) in [6, 6.07) is 15.3. The summed E-state index contributed by atoms with van der Waals surface area (Å²) in [5, 5.41) is 12.3. The van der Waals surface area contributed by atoms with Crippen LogP contribution in [-0.4, -0.2) is 33.2 Å². The second kappa shape index (κ2) is 8.39. The monoisotopic (exact) mass is 423 g/mol. The fourth-order valence-corrected chi connectivity index (χ4v) is 3.70. The molecule has 1 amide bonds. The Hall–Kier alpha value is -4.39. The van der Waals surface area contributed by atoms with Crippen LogP contribution in [0.3, 0.4) is 0 Å². The molecule has 7 heteroatoms. The number of benzene rings is 2. The van der Waals surface area contributed by atoms with Gasteiger partial charge in [-0.1, -0.05) is 12.1 Å². The third kappa shape index (κ3) is 3.96. The lowest BCUT2D eigenvalue weighted by atomic mass is 10.1. The number of rotatable bonds is 6. The molecule has 0 spiro atoms. The third-order valence-electron chi connectivity index (χ3n) is 5.32. The Labute approximate surface area is 184 Å². The quantitative estimate of drug-likeness (QED) is 0.366. The average molecular weight is 423 g/mol. The SMILES string of the molecule is COc1ccc2[nH]cc(CC(=O)Nc3ccc4[nH]nc(/C=C/c5cccnc5)c4c3)c2c1. The van der Waals surface area contributed by atoms with Gasteiger partial charge in [-0.2, -0.15) is 5.10 Å². The first-order valence-corrected chi connectivity index (χ1v) is 10.2. The van der Waals surface area contributed by atoms with Crippen molar-refractivity contribution in [3.8, 4) is 5.75 Å². The van der Waals surface area contributed by atoms with Gasteiger partial charge in [-0.15, -0.1) is 0 Å². The molecule has 0 saturated carbocycles. The molecule has 2 aromatic carbocycles. The standard InChI is InChI=1S/C25H21N5O2/c1-32-19-6-9-22-20(13-19)17(15-27-22)11-25(31)28-18-5-8-24-21(12-18)23(29-30-24)7-4-16-3-2-10-26-14-16/h2-10,12-15,27H,11H2,1H3,(H,28,31)(H,29,30)/b7-4+. The fraction of sp³-hybridized carbons (Fsp3) is 0.0800. The molecule has 3 heterocycles. The van der Waals surface area contributed by atoms with Gasteiger partial charge >= 0.3 is 0 Å². The molecule has 158 valence electrons. The van der Waals surface area contributed by atoms with Gasteiger partial charge in [0.25, 0.3) is 0 Å². The molecule has 7 nitrogen and oxygen atoms in total. The van der Waals surface area contributed by atoms with Crippen molar-refractivity contribution in [2.24, 2.45) is 0 Å². The molecule has 0 radical (unpaired) electrons. The molecule has 3 aromatic heterocycles. The van der Waals surface area contributed by atoms with Gasteiger partial charge < -0.3 is 15.0 Å². The Morgan fingerprint density at radius 2 is 2.00 bits per heavy atom. The lowest BCUT2D eigenvalue weighted by Crippen LogP contribution is -2.14. The van der Waals surface area contributed by atoms with Gasteiger partial charge in [0.2, 0.25) is 5.91 Å². The van der Waals surface area contributed by atoms with E-state index in [0.29, 0.717) is 0 Å². The van der Waals surface area contributed by atoms with Crippen molar-refractivity contribution in [3.05, 3.63) is 83.9 Å². The topological polar surface area (TPSA) is 95.7 Å². The number of nitrogens with one attached hydrogen (secondary N) is 3. The Morgan fingerprint density at radius 3 is 2.84 bits per heavy atom. The molecule has 5 aromatic rings. The van der Waals surface area contributed by atoms with Gasteiger partial charge in [-0.05, 0) is 59.7 Å². The summed E-state index contributed by atoms with van der Waals surface area (Å²) in [7, 11) is 1.63. The minimum Gasteiger partial charge on any atom is -0.497 e. The number of carbonyl (C=O) groups is 1. The summed E-state index contributed by atoms with van der Waals surface area (Å²) < 4.78 is 5.31. The van der Waals surface area contributed by atoms with Crippen LogP contribution < -0.4 is 10.1 Å². The van der Waals surface area contributed by atoms with Crippen LogP contribution in [0, 0.1) is 0 Å². The smallest absolute Gasteiger partial charge is 0.228 e. The molecule has 0 aliphatic carbocycles. The number of H-pyrrole nitrogens is 2. The zero-order chi connectivity index (χ0) is 21.9. The Bertz CT molecular complexity index is 1430. The molecule has 0 aliphatic rings. The van der Waals surface area contributed by atoms with Crippen LogP contribution in [0.4, 0.5) is 5.69 Å². The first kappa shape index (κ1) is 19.6. The number of anilines is 1. The van der Waals surface area contributed by atoms with E-state index >= 15 is 0 Å². The van der Waals surface area contributed by atoms with Gasteiger partial charge in [-0.25, -0.2) is 0 Å². The number of carbonyl (C=O) groups excluding carboxylic acids is 1. The van der Waals surface area contributed by atoms with Crippen LogP contribution in [0.25, 0.3) is 34.0 Å². The summed E-state index contributed by atoms with van der Waals surface area (Å²) in [4.78, 5) is 20.1. The number of amides is 1. The van der Waals surface area contributed by atoms with Crippen molar-refractivity contribution in [1.82, 2.24) is 20.2 Å². The number of pyridine rings is 1. The number of ether oxygens (including phenoxy) is 1. The van der Waals surface area contributed by atoms with Crippen LogP contribution in [0.5, 0.6) is 5.75 Å². The summed E-state index contributed by atoms with van der Waals surface area (Å²) in [6.07, 6.45) is 9.54. The number of aromatic nitrogens is 4. The number of nitrogens with zero attached hydrogens (tertiary/aromatic N) is 2. The maximum atomic E-state index is 12.7. The summed E-state index contributed by atoms with van der Waals surface area (Å²) in [6.45, 7) is 0. The molecule has 5 rings (SSSR count). The van der Waals surface area contributed by atoms with Crippen molar-refractivity contribution < 1.29 is 9.53 Å². The first-order valence-electron chi connectivity index (χ1n) is 10.2. The Balaban J connectivity index is 1.35. The van der Waals surface area contributed by atoms with E-state index in [1.54, 1.807) is 19.5 Å². The molecule has 32 heavy (non-hydrogen) atoms. The molecule has 0 atom stereocenters. The van der Waals surface area contributed by atoms with E-state index < -0.39 is 0 Å². The van der Waals surface area contributed by atoms with Crippen LogP contribution in [-0.2, 0) is 11.2 Å². The highest BCUT2D eigenvalue weighted by atomic mass is 16.5. The van der Waals surface area contributed by atoms with Crippen LogP contribution in [0.15, 0.2) is 67.1 Å². The van der Waals surface area contributed by atoms with Gasteiger partial charge in [0.05, 0.1) is 24.7 Å². The van der Waals surface area contributed by atoms with E-state index in [1.807, 2.05) is 66.9 Å². The lowest BCUT2D eigenvalue weighted by Gasteiger charge is -2.06. The molecule has 0 fully saturated rings. The van der Waals surface area contributed by atoms with Crippen LogP contribution in [0.2, 0.25) is 0 Å². The first-order chi connectivity index (χ1) is 15.7. The minimum absolute atomic E-state index is 0.0935. The maximum Gasteiger partial charge on any atom is 0.228 e. The largest absolute Gasteiger partial charge is 0.497 e. The van der Waals surface area contributed by atoms with Crippen molar-refractivity contribution in [3.63, 3.8) is 0 Å². The lowest BCUT2D eigenvalue weighted by molar-refractivity contribution is -0.115. The van der Waals surface area contributed by atoms with Crippen LogP contribution >= 0.6 is 0 Å². The van der Waals surface area contributed by atoms with E-state index in [4.69, 9.17) is 4.74 Å².